The van der Waals surface area contributed by atoms with E-state index in [1.165, 1.54) is 0 Å². The Bertz CT molecular complexity index is 946. The monoisotopic (exact) mass is 414 g/mol. The van der Waals surface area contributed by atoms with E-state index in [0.29, 0.717) is 16.3 Å². The van der Waals surface area contributed by atoms with Gasteiger partial charge >= 0.3 is 0 Å². The predicted octanol–water partition coefficient (Wildman–Crippen LogP) is 4.66. The Morgan fingerprint density at radius 1 is 1.21 bits per heavy atom. The molecule has 6 heteroatoms. The van der Waals surface area contributed by atoms with E-state index in [1.54, 1.807) is 37.6 Å². The Morgan fingerprint density at radius 3 is 2.48 bits per heavy atom. The summed E-state index contributed by atoms with van der Waals surface area (Å²) in [7, 11) is 1.56. The van der Waals surface area contributed by atoms with Crippen molar-refractivity contribution in [2.75, 3.05) is 7.11 Å². The van der Waals surface area contributed by atoms with Gasteiger partial charge in [0.05, 0.1) is 7.11 Å². The lowest BCUT2D eigenvalue weighted by atomic mass is 9.98. The molecule has 2 aromatic rings. The molecule has 1 aromatic heterocycles. The van der Waals surface area contributed by atoms with Crippen molar-refractivity contribution in [3.8, 4) is 5.75 Å². The van der Waals surface area contributed by atoms with Gasteiger partial charge in [0.2, 0.25) is 0 Å². The minimum absolute atomic E-state index is 0.0217. The molecule has 0 aliphatic heterocycles. The molecule has 2 rings (SSSR count). The number of benzene rings is 1. The third kappa shape index (κ3) is 6.43. The zero-order valence-corrected chi connectivity index (χ0v) is 18.3. The summed E-state index contributed by atoms with van der Waals surface area (Å²) in [4.78, 5) is 29.1. The Labute approximate surface area is 177 Å². The van der Waals surface area contributed by atoms with E-state index in [0.717, 1.165) is 16.7 Å². The first-order chi connectivity index (χ1) is 13.5. The number of allylic oxidation sites excluding steroid dienone is 1. The van der Waals surface area contributed by atoms with Crippen LogP contribution in [0.15, 0.2) is 37.0 Å². The third-order valence-corrected chi connectivity index (χ3v) is 4.35. The zero-order valence-electron chi connectivity index (χ0n) is 17.6. The number of ether oxygens (including phenoxy) is 1. The molecule has 1 heterocycles. The highest BCUT2D eigenvalue weighted by molar-refractivity contribution is 6.31. The standard InChI is InChI=1S/C23H27ClN2O3/c1-14(2)19-13-17(24)11-16(21(19)29-6)12-18(27)9-15-7-8-25-20(10-15)22(28)26-23(3,4)5/h7-8,10-11,13H,1,9,12H2,2-6H3,(H,26,28). The topological polar surface area (TPSA) is 68.3 Å². The van der Waals surface area contributed by atoms with Crippen molar-refractivity contribution < 1.29 is 14.3 Å². The van der Waals surface area contributed by atoms with Crippen molar-refractivity contribution >= 4 is 28.9 Å². The highest BCUT2D eigenvalue weighted by Gasteiger charge is 2.18. The van der Waals surface area contributed by atoms with E-state index in [9.17, 15) is 9.59 Å². The van der Waals surface area contributed by atoms with Gasteiger partial charge < -0.3 is 10.1 Å². The quantitative estimate of drug-likeness (QED) is 0.715. The number of pyridine rings is 1. The molecule has 1 amide bonds. The number of amides is 1. The van der Waals surface area contributed by atoms with Crippen LogP contribution in [0.4, 0.5) is 0 Å². The zero-order chi connectivity index (χ0) is 21.8. The van der Waals surface area contributed by atoms with Gasteiger partial charge in [0, 0.05) is 40.7 Å². The molecule has 0 radical (unpaired) electrons. The van der Waals surface area contributed by atoms with E-state index in [1.807, 2.05) is 27.7 Å². The summed E-state index contributed by atoms with van der Waals surface area (Å²) in [5.74, 6) is 0.316. The van der Waals surface area contributed by atoms with Crippen LogP contribution in [0.2, 0.25) is 5.02 Å². The van der Waals surface area contributed by atoms with Gasteiger partial charge in [0.15, 0.2) is 0 Å². The molecule has 0 saturated carbocycles. The smallest absolute Gasteiger partial charge is 0.270 e. The normalized spacial score (nSPS) is 11.1. The lowest BCUT2D eigenvalue weighted by Gasteiger charge is -2.20. The van der Waals surface area contributed by atoms with Crippen LogP contribution in [0.5, 0.6) is 5.75 Å². The minimum atomic E-state index is -0.366. The number of hydrogen-bond donors (Lipinski definition) is 1. The molecule has 5 nitrogen and oxygen atoms in total. The van der Waals surface area contributed by atoms with E-state index in [4.69, 9.17) is 16.3 Å². The molecule has 0 fully saturated rings. The molecule has 0 atom stereocenters. The number of aromatic nitrogens is 1. The van der Waals surface area contributed by atoms with Crippen LogP contribution in [-0.2, 0) is 17.6 Å². The first-order valence-electron chi connectivity index (χ1n) is 9.31. The van der Waals surface area contributed by atoms with Gasteiger partial charge in [-0.1, -0.05) is 18.2 Å². The summed E-state index contributed by atoms with van der Waals surface area (Å²) in [6, 6.07) is 6.90. The maximum atomic E-state index is 12.7. The summed E-state index contributed by atoms with van der Waals surface area (Å²) >= 11 is 6.21. The van der Waals surface area contributed by atoms with Crippen LogP contribution in [0.25, 0.3) is 5.57 Å². The van der Waals surface area contributed by atoms with E-state index in [-0.39, 0.29) is 35.8 Å². The van der Waals surface area contributed by atoms with Crippen molar-refractivity contribution in [3.05, 3.63) is 64.4 Å². The molecular formula is C23H27ClN2O3. The number of carbonyl (C=O) groups is 2. The average molecular weight is 415 g/mol. The fourth-order valence-electron chi connectivity index (χ4n) is 2.96. The summed E-state index contributed by atoms with van der Waals surface area (Å²) < 4.78 is 5.51. The van der Waals surface area contributed by atoms with Crippen molar-refractivity contribution in [2.45, 2.75) is 46.1 Å². The SMILES string of the molecule is C=C(C)c1cc(Cl)cc(CC(=O)Cc2ccnc(C(=O)NC(C)(C)C)c2)c1OC. The molecule has 1 N–H and O–H groups in total. The molecule has 0 saturated heterocycles. The van der Waals surface area contributed by atoms with Gasteiger partial charge in [-0.25, -0.2) is 0 Å². The molecular weight excluding hydrogens is 388 g/mol. The van der Waals surface area contributed by atoms with Gasteiger partial charge in [-0.2, -0.15) is 0 Å². The van der Waals surface area contributed by atoms with Gasteiger partial charge in [0.25, 0.3) is 5.91 Å². The molecule has 0 aliphatic rings. The van der Waals surface area contributed by atoms with E-state index in [2.05, 4.69) is 16.9 Å². The minimum Gasteiger partial charge on any atom is -0.496 e. The van der Waals surface area contributed by atoms with Crippen LogP contribution in [0.1, 0.15) is 54.9 Å². The molecule has 154 valence electrons. The number of Topliss-reactive ketones (excluding diaryl/α,β-unsaturated/α-hetero) is 1. The predicted molar refractivity (Wildman–Crippen MR) is 117 cm³/mol. The number of ketones is 1. The van der Waals surface area contributed by atoms with Gasteiger partial charge in [-0.15, -0.1) is 0 Å². The van der Waals surface area contributed by atoms with Gasteiger partial charge in [-0.05, 0) is 63.1 Å². The molecule has 29 heavy (non-hydrogen) atoms. The van der Waals surface area contributed by atoms with Crippen LogP contribution >= 0.6 is 11.6 Å². The average Bonchev–Trinajstić information content (AvgIpc) is 2.59. The number of rotatable bonds is 7. The van der Waals surface area contributed by atoms with Crippen molar-refractivity contribution in [1.82, 2.24) is 10.3 Å². The molecule has 0 aliphatic carbocycles. The lowest BCUT2D eigenvalue weighted by Crippen LogP contribution is -2.40. The maximum absolute atomic E-state index is 12.7. The molecule has 0 unspecified atom stereocenters. The molecule has 0 spiro atoms. The number of carbonyl (C=O) groups excluding carboxylic acids is 2. The van der Waals surface area contributed by atoms with Crippen LogP contribution in [0.3, 0.4) is 0 Å². The Morgan fingerprint density at radius 2 is 1.90 bits per heavy atom. The van der Waals surface area contributed by atoms with Crippen molar-refractivity contribution in [1.29, 1.82) is 0 Å². The second-order valence-corrected chi connectivity index (χ2v) is 8.51. The van der Waals surface area contributed by atoms with Crippen LogP contribution in [-0.4, -0.2) is 29.3 Å². The van der Waals surface area contributed by atoms with Crippen molar-refractivity contribution in [3.63, 3.8) is 0 Å². The summed E-state index contributed by atoms with van der Waals surface area (Å²) in [5, 5.41) is 3.39. The summed E-state index contributed by atoms with van der Waals surface area (Å²) in [5.41, 5.74) is 2.95. The number of nitrogens with one attached hydrogen (secondary N) is 1. The van der Waals surface area contributed by atoms with E-state index < -0.39 is 0 Å². The maximum Gasteiger partial charge on any atom is 0.270 e. The largest absolute Gasteiger partial charge is 0.496 e. The number of hydrogen-bond acceptors (Lipinski definition) is 4. The Hall–Kier alpha value is -2.66. The Balaban J connectivity index is 2.19. The van der Waals surface area contributed by atoms with Crippen LogP contribution < -0.4 is 10.1 Å². The highest BCUT2D eigenvalue weighted by atomic mass is 35.5. The Kier molecular flexibility index (Phi) is 7.20. The van der Waals surface area contributed by atoms with E-state index >= 15 is 0 Å². The summed E-state index contributed by atoms with van der Waals surface area (Å²) in [6.45, 7) is 11.5. The van der Waals surface area contributed by atoms with Crippen molar-refractivity contribution in [2.24, 2.45) is 0 Å². The van der Waals surface area contributed by atoms with Crippen LogP contribution in [0, 0.1) is 0 Å². The number of methoxy groups -OCH3 is 1. The third-order valence-electron chi connectivity index (χ3n) is 4.13. The fourth-order valence-corrected chi connectivity index (χ4v) is 3.20. The number of nitrogens with zero attached hydrogens (tertiary/aromatic N) is 1. The number of halogens is 1. The van der Waals surface area contributed by atoms with Gasteiger partial charge in [0.1, 0.15) is 17.2 Å². The van der Waals surface area contributed by atoms with Gasteiger partial charge in [-0.3, -0.25) is 14.6 Å². The lowest BCUT2D eigenvalue weighted by molar-refractivity contribution is -0.117. The first kappa shape index (κ1) is 22.6. The first-order valence-corrected chi connectivity index (χ1v) is 9.69. The molecule has 0 bridgehead atoms. The highest BCUT2D eigenvalue weighted by Crippen LogP contribution is 2.33. The summed E-state index contributed by atoms with van der Waals surface area (Å²) in [6.07, 6.45) is 1.88. The molecule has 1 aromatic carbocycles. The second-order valence-electron chi connectivity index (χ2n) is 8.07. The fraction of sp³-hybridized carbons (Fsp3) is 0.348. The second kappa shape index (κ2) is 9.23.